The van der Waals surface area contributed by atoms with Crippen LogP contribution < -0.4 is 15.8 Å². The summed E-state index contributed by atoms with van der Waals surface area (Å²) in [6, 6.07) is 17.1. The molecule has 7 heteroatoms. The van der Waals surface area contributed by atoms with Crippen molar-refractivity contribution in [3.05, 3.63) is 76.1 Å². The fourth-order valence-corrected chi connectivity index (χ4v) is 3.85. The molecule has 0 spiro atoms. The number of ether oxygens (including phenoxy) is 1. The fraction of sp³-hybridized carbons (Fsp3) is 0.333. The maximum atomic E-state index is 12.9. The van der Waals surface area contributed by atoms with Crippen LogP contribution in [-0.4, -0.2) is 57.8 Å². The first-order valence-corrected chi connectivity index (χ1v) is 10.4. The van der Waals surface area contributed by atoms with E-state index < -0.39 is 11.5 Å². The Morgan fingerprint density at radius 1 is 1.10 bits per heavy atom. The second-order valence-electron chi connectivity index (χ2n) is 7.85. The number of hydrogen-bond acceptors (Lipinski definition) is 6. The number of para-hydroxylation sites is 1. The highest BCUT2D eigenvalue weighted by molar-refractivity contribution is 5.96. The van der Waals surface area contributed by atoms with Crippen LogP contribution in [0.1, 0.15) is 22.0 Å². The molecule has 4 rings (SSSR count). The largest absolute Gasteiger partial charge is 0.422 e. The molecule has 1 aliphatic rings. The molecule has 1 saturated heterocycles. The minimum Gasteiger partial charge on any atom is -0.422 e. The molecule has 31 heavy (non-hydrogen) atoms. The number of benzene rings is 2. The fourth-order valence-electron chi connectivity index (χ4n) is 3.85. The van der Waals surface area contributed by atoms with Crippen molar-refractivity contribution in [1.82, 2.24) is 10.2 Å². The molecule has 0 bridgehead atoms. The number of amides is 1. The van der Waals surface area contributed by atoms with Crippen LogP contribution >= 0.6 is 0 Å². The van der Waals surface area contributed by atoms with Crippen molar-refractivity contribution in [3.63, 3.8) is 0 Å². The van der Waals surface area contributed by atoms with Crippen molar-refractivity contribution in [2.75, 3.05) is 51.8 Å². The van der Waals surface area contributed by atoms with E-state index >= 15 is 0 Å². The Hall–Kier alpha value is -3.16. The zero-order chi connectivity index (χ0) is 21.8. The van der Waals surface area contributed by atoms with Gasteiger partial charge in [-0.2, -0.15) is 0 Å². The lowest BCUT2D eigenvalue weighted by atomic mass is 10.0. The quantitative estimate of drug-likeness (QED) is 0.617. The average molecular weight is 421 g/mol. The van der Waals surface area contributed by atoms with E-state index in [1.165, 1.54) is 0 Å². The van der Waals surface area contributed by atoms with E-state index in [-0.39, 0.29) is 11.6 Å². The van der Waals surface area contributed by atoms with Gasteiger partial charge in [0.1, 0.15) is 11.1 Å². The summed E-state index contributed by atoms with van der Waals surface area (Å²) in [6.07, 6.45) is 0. The lowest BCUT2D eigenvalue weighted by Gasteiger charge is -2.35. The number of nitrogens with zero attached hydrogens (tertiary/aromatic N) is 2. The van der Waals surface area contributed by atoms with Crippen LogP contribution in [0.3, 0.4) is 0 Å². The molecule has 1 amide bonds. The van der Waals surface area contributed by atoms with Crippen LogP contribution in [0.2, 0.25) is 0 Å². The molecule has 2 heterocycles. The van der Waals surface area contributed by atoms with Gasteiger partial charge in [-0.15, -0.1) is 0 Å². The SMILES string of the molecule is CN(C)c1ccc(C(CNC(=O)c2cc3ccccc3oc2=O)N2CCOCC2)cc1. The van der Waals surface area contributed by atoms with Gasteiger partial charge in [0.2, 0.25) is 0 Å². The van der Waals surface area contributed by atoms with Crippen LogP contribution in [0, 0.1) is 0 Å². The molecule has 0 aliphatic carbocycles. The van der Waals surface area contributed by atoms with Gasteiger partial charge in [0, 0.05) is 44.8 Å². The van der Waals surface area contributed by atoms with Gasteiger partial charge in [0.05, 0.1) is 19.3 Å². The van der Waals surface area contributed by atoms with Crippen molar-refractivity contribution in [1.29, 1.82) is 0 Å². The van der Waals surface area contributed by atoms with Crippen LogP contribution in [0.5, 0.6) is 0 Å². The molecule has 0 saturated carbocycles. The van der Waals surface area contributed by atoms with E-state index in [1.54, 1.807) is 18.2 Å². The molecule has 1 aromatic heterocycles. The summed E-state index contributed by atoms with van der Waals surface area (Å²) in [7, 11) is 4.01. The van der Waals surface area contributed by atoms with E-state index in [2.05, 4.69) is 34.5 Å². The lowest BCUT2D eigenvalue weighted by molar-refractivity contribution is 0.0162. The summed E-state index contributed by atoms with van der Waals surface area (Å²) in [5, 5.41) is 3.66. The topological polar surface area (TPSA) is 75.0 Å². The number of fused-ring (bicyclic) bond motifs is 1. The van der Waals surface area contributed by atoms with Gasteiger partial charge < -0.3 is 19.4 Å². The summed E-state index contributed by atoms with van der Waals surface area (Å²) >= 11 is 0. The minimum atomic E-state index is -0.630. The second-order valence-corrected chi connectivity index (χ2v) is 7.85. The van der Waals surface area contributed by atoms with Crippen molar-refractivity contribution in [2.45, 2.75) is 6.04 Å². The Kier molecular flexibility index (Phi) is 6.34. The molecule has 1 N–H and O–H groups in total. The van der Waals surface area contributed by atoms with Gasteiger partial charge in [0.15, 0.2) is 0 Å². The molecular formula is C24H27N3O4. The number of carbonyl (C=O) groups is 1. The highest BCUT2D eigenvalue weighted by atomic mass is 16.5. The molecular weight excluding hydrogens is 394 g/mol. The molecule has 0 radical (unpaired) electrons. The van der Waals surface area contributed by atoms with Gasteiger partial charge >= 0.3 is 5.63 Å². The van der Waals surface area contributed by atoms with E-state index in [9.17, 15) is 9.59 Å². The van der Waals surface area contributed by atoms with Crippen molar-refractivity contribution in [3.8, 4) is 0 Å². The van der Waals surface area contributed by atoms with Crippen LogP contribution in [-0.2, 0) is 4.74 Å². The van der Waals surface area contributed by atoms with E-state index in [4.69, 9.17) is 9.15 Å². The van der Waals surface area contributed by atoms with E-state index in [0.29, 0.717) is 25.3 Å². The first kappa shape index (κ1) is 21.1. The number of hydrogen-bond donors (Lipinski definition) is 1. The average Bonchev–Trinajstić information content (AvgIpc) is 2.79. The van der Waals surface area contributed by atoms with E-state index in [1.807, 2.05) is 31.1 Å². The molecule has 162 valence electrons. The monoisotopic (exact) mass is 421 g/mol. The maximum absolute atomic E-state index is 12.9. The Morgan fingerprint density at radius 2 is 1.81 bits per heavy atom. The smallest absolute Gasteiger partial charge is 0.349 e. The first-order valence-electron chi connectivity index (χ1n) is 10.4. The highest BCUT2D eigenvalue weighted by Crippen LogP contribution is 2.24. The predicted octanol–water partition coefficient (Wildman–Crippen LogP) is 2.66. The van der Waals surface area contributed by atoms with Gasteiger partial charge in [-0.1, -0.05) is 30.3 Å². The molecule has 1 unspecified atom stereocenters. The van der Waals surface area contributed by atoms with Crippen LogP contribution in [0.15, 0.2) is 63.8 Å². The Bertz CT molecular complexity index is 1100. The third-order valence-electron chi connectivity index (χ3n) is 5.62. The molecule has 3 aromatic rings. The first-order chi connectivity index (χ1) is 15.0. The lowest BCUT2D eigenvalue weighted by Crippen LogP contribution is -2.44. The molecule has 1 atom stereocenters. The standard InChI is InChI=1S/C24H27N3O4/c1-26(2)19-9-7-17(8-10-19)21(27-11-13-30-14-12-27)16-25-23(28)20-15-18-5-3-4-6-22(18)31-24(20)29/h3-10,15,21H,11-14,16H2,1-2H3,(H,25,28). The predicted molar refractivity (Wildman–Crippen MR) is 121 cm³/mol. The third-order valence-corrected chi connectivity index (χ3v) is 5.62. The normalized spacial score (nSPS) is 15.5. The number of morpholine rings is 1. The van der Waals surface area contributed by atoms with Gasteiger partial charge in [0.25, 0.3) is 5.91 Å². The molecule has 2 aromatic carbocycles. The number of nitrogens with one attached hydrogen (secondary N) is 1. The Labute approximate surface area is 181 Å². The van der Waals surface area contributed by atoms with Crippen molar-refractivity contribution >= 4 is 22.6 Å². The Morgan fingerprint density at radius 3 is 2.52 bits per heavy atom. The van der Waals surface area contributed by atoms with Gasteiger partial charge in [-0.05, 0) is 29.8 Å². The number of carbonyl (C=O) groups excluding carboxylic acids is 1. The molecule has 7 nitrogen and oxygen atoms in total. The summed E-state index contributed by atoms with van der Waals surface area (Å²) in [4.78, 5) is 29.5. The van der Waals surface area contributed by atoms with Gasteiger partial charge in [-0.3, -0.25) is 9.69 Å². The van der Waals surface area contributed by atoms with Crippen molar-refractivity contribution in [2.24, 2.45) is 0 Å². The molecule has 1 aliphatic heterocycles. The zero-order valence-corrected chi connectivity index (χ0v) is 17.8. The van der Waals surface area contributed by atoms with E-state index in [0.717, 1.165) is 29.7 Å². The summed E-state index contributed by atoms with van der Waals surface area (Å²) < 4.78 is 10.8. The number of rotatable bonds is 6. The minimum absolute atomic E-state index is 0.0161. The Balaban J connectivity index is 1.55. The third kappa shape index (κ3) is 4.78. The maximum Gasteiger partial charge on any atom is 0.349 e. The molecule has 1 fully saturated rings. The summed E-state index contributed by atoms with van der Waals surface area (Å²) in [6.45, 7) is 3.28. The van der Waals surface area contributed by atoms with Crippen molar-refractivity contribution < 1.29 is 13.9 Å². The summed E-state index contributed by atoms with van der Waals surface area (Å²) in [5.74, 6) is -0.428. The van der Waals surface area contributed by atoms with Gasteiger partial charge in [-0.25, -0.2) is 4.79 Å². The highest BCUT2D eigenvalue weighted by Gasteiger charge is 2.24. The summed E-state index contributed by atoms with van der Waals surface area (Å²) in [5.41, 5.74) is 2.08. The van der Waals surface area contributed by atoms with Crippen LogP contribution in [0.25, 0.3) is 11.0 Å². The van der Waals surface area contributed by atoms with Crippen LogP contribution in [0.4, 0.5) is 5.69 Å². The second kappa shape index (κ2) is 9.32. The number of anilines is 1. The zero-order valence-electron chi connectivity index (χ0n) is 17.8.